The number of hydrogen-bond acceptors (Lipinski definition) is 2. The molecule has 0 saturated heterocycles. The fourth-order valence-electron chi connectivity index (χ4n) is 3.34. The van der Waals surface area contributed by atoms with Crippen LogP contribution in [0.3, 0.4) is 0 Å². The summed E-state index contributed by atoms with van der Waals surface area (Å²) in [7, 11) is 0. The summed E-state index contributed by atoms with van der Waals surface area (Å²) in [5.41, 5.74) is 3.31. The zero-order valence-electron chi connectivity index (χ0n) is 10.3. The number of aromatic nitrogens is 2. The van der Waals surface area contributed by atoms with E-state index in [1.165, 1.54) is 56.2 Å². The van der Waals surface area contributed by atoms with Gasteiger partial charge in [0.15, 0.2) is 6.29 Å². The number of aldehydes is 1. The molecule has 0 amide bonds. The molecule has 0 aliphatic heterocycles. The van der Waals surface area contributed by atoms with Gasteiger partial charge in [0.2, 0.25) is 0 Å². The molecule has 0 N–H and O–H groups in total. The van der Waals surface area contributed by atoms with E-state index < -0.39 is 0 Å². The Morgan fingerprint density at radius 2 is 1.82 bits per heavy atom. The first-order valence-electron chi connectivity index (χ1n) is 6.95. The Morgan fingerprint density at radius 3 is 2.53 bits per heavy atom. The third kappa shape index (κ3) is 1.92. The number of rotatable bonds is 2. The molecule has 0 radical (unpaired) electrons. The Morgan fingerprint density at radius 1 is 1.06 bits per heavy atom. The zero-order valence-corrected chi connectivity index (χ0v) is 10.3. The molecule has 92 valence electrons. The van der Waals surface area contributed by atoms with Crippen LogP contribution in [-0.2, 0) is 12.8 Å². The summed E-state index contributed by atoms with van der Waals surface area (Å²) in [6, 6.07) is 0.475. The van der Waals surface area contributed by atoms with Gasteiger partial charge in [0.05, 0.1) is 11.7 Å². The molecule has 1 heterocycles. The van der Waals surface area contributed by atoms with Crippen LogP contribution < -0.4 is 0 Å². The monoisotopic (exact) mass is 232 g/mol. The molecule has 0 unspecified atom stereocenters. The topological polar surface area (TPSA) is 34.9 Å². The summed E-state index contributed by atoms with van der Waals surface area (Å²) in [5, 5.41) is 4.71. The number of fused-ring (bicyclic) bond motifs is 1. The quantitative estimate of drug-likeness (QED) is 0.580. The Labute approximate surface area is 102 Å². The van der Waals surface area contributed by atoms with Crippen molar-refractivity contribution in [3.8, 4) is 0 Å². The molecule has 3 heteroatoms. The van der Waals surface area contributed by atoms with Crippen molar-refractivity contribution in [3.63, 3.8) is 0 Å². The van der Waals surface area contributed by atoms with Crippen molar-refractivity contribution >= 4 is 6.29 Å². The van der Waals surface area contributed by atoms with Crippen molar-refractivity contribution in [2.45, 2.75) is 63.8 Å². The van der Waals surface area contributed by atoms with Crippen LogP contribution in [0.5, 0.6) is 0 Å². The first kappa shape index (κ1) is 11.0. The van der Waals surface area contributed by atoms with E-state index in [9.17, 15) is 4.79 Å². The molecule has 3 nitrogen and oxygen atoms in total. The van der Waals surface area contributed by atoms with Gasteiger partial charge in [-0.2, -0.15) is 5.10 Å². The number of carbonyl (C=O) groups excluding carboxylic acids is 1. The molecule has 1 fully saturated rings. The van der Waals surface area contributed by atoms with Crippen molar-refractivity contribution in [1.29, 1.82) is 0 Å². The normalized spacial score (nSPS) is 21.2. The van der Waals surface area contributed by atoms with Gasteiger partial charge in [-0.05, 0) is 32.1 Å². The van der Waals surface area contributed by atoms with Crippen LogP contribution in [-0.4, -0.2) is 16.1 Å². The van der Waals surface area contributed by atoms with Crippen LogP contribution >= 0.6 is 0 Å². The van der Waals surface area contributed by atoms with Gasteiger partial charge in [0.25, 0.3) is 0 Å². The lowest BCUT2D eigenvalue weighted by Crippen LogP contribution is -2.14. The van der Waals surface area contributed by atoms with E-state index in [0.717, 1.165) is 24.8 Å². The summed E-state index contributed by atoms with van der Waals surface area (Å²) in [6.07, 6.45) is 12.0. The van der Waals surface area contributed by atoms with Gasteiger partial charge in [-0.1, -0.05) is 25.7 Å². The highest BCUT2D eigenvalue weighted by molar-refractivity contribution is 5.75. The summed E-state index contributed by atoms with van der Waals surface area (Å²) >= 11 is 0. The smallest absolute Gasteiger partial charge is 0.168 e. The van der Waals surface area contributed by atoms with Gasteiger partial charge < -0.3 is 0 Å². The molecule has 1 aromatic heterocycles. The average Bonchev–Trinajstić information content (AvgIpc) is 2.80. The van der Waals surface area contributed by atoms with E-state index in [1.807, 2.05) is 0 Å². The minimum absolute atomic E-state index is 0.475. The first-order chi connectivity index (χ1) is 8.40. The van der Waals surface area contributed by atoms with Gasteiger partial charge in [-0.25, -0.2) is 0 Å². The highest BCUT2D eigenvalue weighted by atomic mass is 16.1. The Balaban J connectivity index is 1.93. The molecule has 2 aliphatic carbocycles. The predicted octanol–water partition coefficient (Wildman–Crippen LogP) is 3.08. The van der Waals surface area contributed by atoms with Crippen molar-refractivity contribution < 1.29 is 4.79 Å². The Bertz CT molecular complexity index is 414. The molecule has 0 spiro atoms. The maximum atomic E-state index is 11.3. The van der Waals surface area contributed by atoms with Crippen LogP contribution in [0, 0.1) is 0 Å². The molecular formula is C14H20N2O. The van der Waals surface area contributed by atoms with Crippen LogP contribution in [0.1, 0.15) is 72.7 Å². The number of nitrogens with zero attached hydrogens (tertiary/aromatic N) is 2. The predicted molar refractivity (Wildman–Crippen MR) is 66.4 cm³/mol. The van der Waals surface area contributed by atoms with Gasteiger partial charge >= 0.3 is 0 Å². The van der Waals surface area contributed by atoms with Crippen molar-refractivity contribution in [3.05, 3.63) is 17.0 Å². The molecule has 17 heavy (non-hydrogen) atoms. The second-order valence-corrected chi connectivity index (χ2v) is 5.37. The van der Waals surface area contributed by atoms with Crippen molar-refractivity contribution in [2.75, 3.05) is 0 Å². The zero-order chi connectivity index (χ0) is 11.7. The average molecular weight is 232 g/mol. The standard InChI is InChI=1S/C14H20N2O/c17-10-14-12-8-5-9-13(12)15-16(14)11-6-3-1-2-4-7-11/h10-11H,1-9H2. The van der Waals surface area contributed by atoms with E-state index in [-0.39, 0.29) is 0 Å². The second kappa shape index (κ2) is 4.63. The summed E-state index contributed by atoms with van der Waals surface area (Å²) in [4.78, 5) is 11.3. The molecule has 0 atom stereocenters. The molecule has 1 aromatic rings. The molecule has 3 rings (SSSR count). The number of hydrogen-bond donors (Lipinski definition) is 0. The van der Waals surface area contributed by atoms with Crippen molar-refractivity contribution in [2.24, 2.45) is 0 Å². The first-order valence-corrected chi connectivity index (χ1v) is 6.95. The maximum Gasteiger partial charge on any atom is 0.168 e. The van der Waals surface area contributed by atoms with E-state index in [4.69, 9.17) is 5.10 Å². The fraction of sp³-hybridized carbons (Fsp3) is 0.714. The van der Waals surface area contributed by atoms with Crippen LogP contribution in [0.4, 0.5) is 0 Å². The van der Waals surface area contributed by atoms with Crippen molar-refractivity contribution in [1.82, 2.24) is 9.78 Å². The van der Waals surface area contributed by atoms with E-state index in [2.05, 4.69) is 4.68 Å². The molecule has 0 bridgehead atoms. The third-order valence-electron chi connectivity index (χ3n) is 4.26. The largest absolute Gasteiger partial charge is 0.296 e. The highest BCUT2D eigenvalue weighted by Gasteiger charge is 2.25. The van der Waals surface area contributed by atoms with E-state index >= 15 is 0 Å². The van der Waals surface area contributed by atoms with Crippen LogP contribution in [0.15, 0.2) is 0 Å². The SMILES string of the molecule is O=Cc1c2c(nn1C1CCCCCC1)CCC2. The third-order valence-corrected chi connectivity index (χ3v) is 4.26. The lowest BCUT2D eigenvalue weighted by Gasteiger charge is -2.16. The Hall–Kier alpha value is -1.12. The van der Waals surface area contributed by atoms with E-state index in [1.54, 1.807) is 0 Å². The minimum atomic E-state index is 0.475. The summed E-state index contributed by atoms with van der Waals surface area (Å²) in [6.45, 7) is 0. The molecule has 0 aromatic carbocycles. The second-order valence-electron chi connectivity index (χ2n) is 5.37. The molecular weight excluding hydrogens is 212 g/mol. The van der Waals surface area contributed by atoms with Gasteiger partial charge in [-0.3, -0.25) is 9.48 Å². The summed E-state index contributed by atoms with van der Waals surface area (Å²) < 4.78 is 2.06. The van der Waals surface area contributed by atoms with Crippen LogP contribution in [0.2, 0.25) is 0 Å². The number of aryl methyl sites for hydroxylation is 1. The van der Waals surface area contributed by atoms with Crippen LogP contribution in [0.25, 0.3) is 0 Å². The van der Waals surface area contributed by atoms with Gasteiger partial charge in [-0.15, -0.1) is 0 Å². The molecule has 2 aliphatic rings. The van der Waals surface area contributed by atoms with Gasteiger partial charge in [0.1, 0.15) is 5.69 Å². The molecule has 1 saturated carbocycles. The fourth-order valence-corrected chi connectivity index (χ4v) is 3.34. The maximum absolute atomic E-state index is 11.3. The number of carbonyl (C=O) groups is 1. The highest BCUT2D eigenvalue weighted by Crippen LogP contribution is 2.31. The lowest BCUT2D eigenvalue weighted by atomic mass is 10.1. The van der Waals surface area contributed by atoms with E-state index in [0.29, 0.717) is 6.04 Å². The van der Waals surface area contributed by atoms with Gasteiger partial charge in [0, 0.05) is 5.56 Å². The lowest BCUT2D eigenvalue weighted by molar-refractivity contribution is 0.111. The minimum Gasteiger partial charge on any atom is -0.296 e. The summed E-state index contributed by atoms with van der Waals surface area (Å²) in [5.74, 6) is 0. The Kier molecular flexibility index (Phi) is 3.00.